The van der Waals surface area contributed by atoms with Gasteiger partial charge < -0.3 is 4.90 Å². The quantitative estimate of drug-likeness (QED) is 0.630. The van der Waals surface area contributed by atoms with Gasteiger partial charge in [0, 0.05) is 24.7 Å². The third kappa shape index (κ3) is 2.83. The highest BCUT2D eigenvalue weighted by Crippen LogP contribution is 2.38. The van der Waals surface area contributed by atoms with Gasteiger partial charge in [-0.05, 0) is 35.7 Å². The van der Waals surface area contributed by atoms with Crippen LogP contribution in [0.3, 0.4) is 0 Å². The second-order valence-electron chi connectivity index (χ2n) is 3.84. The van der Waals surface area contributed by atoms with Crippen LogP contribution in [0.15, 0.2) is 45.5 Å². The van der Waals surface area contributed by atoms with Crippen molar-refractivity contribution >= 4 is 33.8 Å². The summed E-state index contributed by atoms with van der Waals surface area (Å²) in [6.45, 7) is 0. The summed E-state index contributed by atoms with van der Waals surface area (Å²) in [4.78, 5) is 14.2. The molecule has 0 aliphatic heterocycles. The fourth-order valence-corrected chi connectivity index (χ4v) is 3.22. The van der Waals surface area contributed by atoms with Gasteiger partial charge in [0.25, 0.3) is 0 Å². The van der Waals surface area contributed by atoms with E-state index in [1.807, 2.05) is 43.3 Å². The van der Waals surface area contributed by atoms with E-state index in [2.05, 4.69) is 0 Å². The number of nitrogens with zero attached hydrogens (tertiary/aromatic N) is 2. The maximum absolute atomic E-state index is 10.8. The van der Waals surface area contributed by atoms with Gasteiger partial charge in [-0.1, -0.05) is 23.1 Å². The van der Waals surface area contributed by atoms with E-state index in [1.165, 1.54) is 11.8 Å². The molecule has 0 amide bonds. The fraction of sp³-hybridized carbons (Fsp3) is 0.167. The Kier molecular flexibility index (Phi) is 3.88. The van der Waals surface area contributed by atoms with E-state index in [0.29, 0.717) is 4.90 Å². The maximum Gasteiger partial charge on any atom is 0.337 e. The van der Waals surface area contributed by atoms with Gasteiger partial charge in [0.05, 0.1) is 4.92 Å². The van der Waals surface area contributed by atoms with Crippen LogP contribution in [-0.2, 0) is 0 Å². The molecule has 0 saturated heterocycles. The summed E-state index contributed by atoms with van der Waals surface area (Å²) >= 11 is 2.58. The SMILES string of the molecule is CN(C)c1ccc(Sc2ccsc2[N+](=O)[O-])cc1. The molecule has 1 aromatic carbocycles. The Labute approximate surface area is 113 Å². The van der Waals surface area contributed by atoms with Crippen molar-refractivity contribution in [1.29, 1.82) is 0 Å². The minimum atomic E-state index is -0.332. The van der Waals surface area contributed by atoms with E-state index in [1.54, 1.807) is 11.4 Å². The van der Waals surface area contributed by atoms with Crippen LogP contribution in [-0.4, -0.2) is 19.0 Å². The second kappa shape index (κ2) is 5.41. The minimum Gasteiger partial charge on any atom is -0.378 e. The molecule has 2 rings (SSSR count). The molecule has 2 aromatic rings. The molecule has 0 bridgehead atoms. The first-order chi connectivity index (χ1) is 8.58. The molecule has 6 heteroatoms. The van der Waals surface area contributed by atoms with Gasteiger partial charge in [0.1, 0.15) is 4.90 Å². The van der Waals surface area contributed by atoms with E-state index in [9.17, 15) is 10.1 Å². The zero-order chi connectivity index (χ0) is 13.1. The smallest absolute Gasteiger partial charge is 0.337 e. The standard InChI is InChI=1S/C12H12N2O2S2/c1-13(2)9-3-5-10(6-4-9)18-11-7-8-17-12(11)14(15)16/h3-8H,1-2H3. The number of hydrogen-bond donors (Lipinski definition) is 0. The van der Waals surface area contributed by atoms with E-state index >= 15 is 0 Å². The Morgan fingerprint density at radius 3 is 2.44 bits per heavy atom. The van der Waals surface area contributed by atoms with Gasteiger partial charge in [-0.15, -0.1) is 0 Å². The van der Waals surface area contributed by atoms with Crippen molar-refractivity contribution in [3.63, 3.8) is 0 Å². The Morgan fingerprint density at radius 1 is 1.22 bits per heavy atom. The molecular formula is C12H12N2O2S2. The molecule has 1 aromatic heterocycles. The molecule has 0 fully saturated rings. The molecule has 18 heavy (non-hydrogen) atoms. The monoisotopic (exact) mass is 280 g/mol. The lowest BCUT2D eigenvalue weighted by molar-refractivity contribution is -0.382. The summed E-state index contributed by atoms with van der Waals surface area (Å²) in [5.74, 6) is 0. The van der Waals surface area contributed by atoms with Crippen molar-refractivity contribution in [3.8, 4) is 0 Å². The first-order valence-electron chi connectivity index (χ1n) is 5.25. The third-order valence-electron chi connectivity index (χ3n) is 2.36. The lowest BCUT2D eigenvalue weighted by atomic mass is 10.3. The number of anilines is 1. The van der Waals surface area contributed by atoms with E-state index in [4.69, 9.17) is 0 Å². The lowest BCUT2D eigenvalue weighted by Crippen LogP contribution is -2.07. The van der Waals surface area contributed by atoms with Crippen molar-refractivity contribution in [3.05, 3.63) is 45.8 Å². The zero-order valence-electron chi connectivity index (χ0n) is 9.99. The van der Waals surface area contributed by atoms with Crippen LogP contribution in [0, 0.1) is 10.1 Å². The van der Waals surface area contributed by atoms with E-state index in [-0.39, 0.29) is 9.92 Å². The summed E-state index contributed by atoms with van der Waals surface area (Å²) in [7, 11) is 3.96. The summed E-state index contributed by atoms with van der Waals surface area (Å²) in [5.41, 5.74) is 1.11. The highest BCUT2D eigenvalue weighted by atomic mass is 32.2. The van der Waals surface area contributed by atoms with Gasteiger partial charge >= 0.3 is 5.00 Å². The summed E-state index contributed by atoms with van der Waals surface area (Å²) in [5, 5.41) is 12.8. The predicted octanol–water partition coefficient (Wildman–Crippen LogP) is 3.87. The van der Waals surface area contributed by atoms with Gasteiger partial charge in [-0.3, -0.25) is 10.1 Å². The molecule has 0 unspecified atom stereocenters. The van der Waals surface area contributed by atoms with Crippen molar-refractivity contribution < 1.29 is 4.92 Å². The zero-order valence-corrected chi connectivity index (χ0v) is 11.6. The Morgan fingerprint density at radius 2 is 1.89 bits per heavy atom. The summed E-state index contributed by atoms with van der Waals surface area (Å²) < 4.78 is 0. The first-order valence-corrected chi connectivity index (χ1v) is 6.94. The van der Waals surface area contributed by atoms with Crippen LogP contribution in [0.1, 0.15) is 0 Å². The summed E-state index contributed by atoms with van der Waals surface area (Å²) in [6.07, 6.45) is 0. The van der Waals surface area contributed by atoms with Crippen molar-refractivity contribution in [2.45, 2.75) is 9.79 Å². The molecule has 0 saturated carbocycles. The average molecular weight is 280 g/mol. The maximum atomic E-state index is 10.8. The molecule has 0 aliphatic carbocycles. The van der Waals surface area contributed by atoms with Gasteiger partial charge in [0.15, 0.2) is 0 Å². The Hall–Kier alpha value is -1.53. The van der Waals surface area contributed by atoms with Crippen LogP contribution >= 0.6 is 23.1 Å². The van der Waals surface area contributed by atoms with Crippen molar-refractivity contribution in [2.24, 2.45) is 0 Å². The molecule has 0 N–H and O–H groups in total. The van der Waals surface area contributed by atoms with Crippen molar-refractivity contribution in [1.82, 2.24) is 0 Å². The van der Waals surface area contributed by atoms with Crippen LogP contribution in [0.4, 0.5) is 10.7 Å². The molecule has 0 aliphatic rings. The van der Waals surface area contributed by atoms with E-state index in [0.717, 1.165) is 21.9 Å². The molecule has 0 radical (unpaired) electrons. The lowest BCUT2D eigenvalue weighted by Gasteiger charge is -2.12. The molecule has 4 nitrogen and oxygen atoms in total. The topological polar surface area (TPSA) is 46.4 Å². The van der Waals surface area contributed by atoms with E-state index < -0.39 is 0 Å². The van der Waals surface area contributed by atoms with Crippen molar-refractivity contribution in [2.75, 3.05) is 19.0 Å². The van der Waals surface area contributed by atoms with Crippen LogP contribution in [0.25, 0.3) is 0 Å². The first kappa shape index (κ1) is 12.9. The molecular weight excluding hydrogens is 268 g/mol. The number of rotatable bonds is 4. The largest absolute Gasteiger partial charge is 0.378 e. The number of hydrogen-bond acceptors (Lipinski definition) is 5. The average Bonchev–Trinajstić information content (AvgIpc) is 2.78. The van der Waals surface area contributed by atoms with Crippen LogP contribution < -0.4 is 4.90 Å². The van der Waals surface area contributed by atoms with Crippen LogP contribution in [0.5, 0.6) is 0 Å². The number of thiophene rings is 1. The van der Waals surface area contributed by atoms with Gasteiger partial charge in [-0.25, -0.2) is 0 Å². The normalized spacial score (nSPS) is 10.3. The Bertz CT molecular complexity index is 549. The summed E-state index contributed by atoms with van der Waals surface area (Å²) in [6, 6.07) is 9.73. The highest BCUT2D eigenvalue weighted by molar-refractivity contribution is 7.99. The van der Waals surface area contributed by atoms with Crippen LogP contribution in [0.2, 0.25) is 0 Å². The molecule has 1 heterocycles. The second-order valence-corrected chi connectivity index (χ2v) is 5.85. The molecule has 94 valence electrons. The molecule has 0 spiro atoms. The number of benzene rings is 1. The Balaban J connectivity index is 2.18. The third-order valence-corrected chi connectivity index (χ3v) is 4.41. The minimum absolute atomic E-state index is 0.205. The van der Waals surface area contributed by atoms with Gasteiger partial charge in [-0.2, -0.15) is 0 Å². The fourth-order valence-electron chi connectivity index (χ4n) is 1.44. The highest BCUT2D eigenvalue weighted by Gasteiger charge is 2.16. The van der Waals surface area contributed by atoms with Gasteiger partial charge in [0.2, 0.25) is 0 Å². The molecule has 0 atom stereocenters. The number of nitro groups is 1. The predicted molar refractivity (Wildman–Crippen MR) is 75.9 cm³/mol.